The Morgan fingerprint density at radius 2 is 1.68 bits per heavy atom. The Bertz CT molecular complexity index is 877. The number of aromatic amines is 1. The average Bonchev–Trinajstić information content (AvgIpc) is 3.47. The summed E-state index contributed by atoms with van der Waals surface area (Å²) in [5, 5.41) is 0. The number of rotatable bonds is 4. The third-order valence-corrected chi connectivity index (χ3v) is 6.87. The summed E-state index contributed by atoms with van der Waals surface area (Å²) in [7, 11) is 1.76. The van der Waals surface area contributed by atoms with Crippen molar-refractivity contribution in [1.82, 2.24) is 19.5 Å². The highest BCUT2D eigenvalue weighted by Gasteiger charge is 2.61. The second-order valence-corrected chi connectivity index (χ2v) is 8.21. The minimum absolute atomic E-state index is 0.178. The first-order chi connectivity index (χ1) is 13.6. The second-order valence-electron chi connectivity index (χ2n) is 8.21. The van der Waals surface area contributed by atoms with Crippen LogP contribution in [0, 0.1) is 23.7 Å². The van der Waals surface area contributed by atoms with E-state index in [0.717, 1.165) is 6.42 Å². The summed E-state index contributed by atoms with van der Waals surface area (Å²) in [6.45, 7) is 0. The lowest BCUT2D eigenvalue weighted by atomic mass is 9.69. The van der Waals surface area contributed by atoms with Crippen molar-refractivity contribution in [3.05, 3.63) is 36.4 Å². The Balaban J connectivity index is 1.40. The molecule has 8 heteroatoms. The Kier molecular flexibility index (Phi) is 4.21. The van der Waals surface area contributed by atoms with Gasteiger partial charge in [-0.1, -0.05) is 12.8 Å². The molecule has 8 nitrogen and oxygen atoms in total. The first-order valence-electron chi connectivity index (χ1n) is 10.0. The number of fused-ring (bicyclic) bond motifs is 5. The fraction of sp³-hybridized carbons (Fsp3) is 0.600. The number of hydrogen-bond donors (Lipinski definition) is 1. The van der Waals surface area contributed by atoms with Crippen LogP contribution in [0.25, 0.3) is 0 Å². The zero-order valence-corrected chi connectivity index (χ0v) is 15.8. The van der Waals surface area contributed by atoms with Crippen LogP contribution in [0.4, 0.5) is 0 Å². The minimum atomic E-state index is -0.493. The topological polar surface area (TPSA) is 99.1 Å². The van der Waals surface area contributed by atoms with Crippen molar-refractivity contribution in [1.29, 1.82) is 0 Å². The van der Waals surface area contributed by atoms with Crippen LogP contribution in [0.1, 0.15) is 53.3 Å². The molecule has 3 saturated carbocycles. The molecule has 3 fully saturated rings. The number of nitrogens with zero attached hydrogens (tertiary/aromatic N) is 3. The van der Waals surface area contributed by atoms with Gasteiger partial charge in [0.05, 0.1) is 0 Å². The molecule has 2 aromatic heterocycles. The molecule has 0 saturated heterocycles. The third kappa shape index (κ3) is 2.73. The quantitative estimate of drug-likeness (QED) is 0.813. The number of hydrogen-bond acceptors (Lipinski definition) is 6. The van der Waals surface area contributed by atoms with E-state index >= 15 is 0 Å². The van der Waals surface area contributed by atoms with Gasteiger partial charge in [0.25, 0.3) is 0 Å². The zero-order chi connectivity index (χ0) is 19.3. The van der Waals surface area contributed by atoms with Crippen molar-refractivity contribution >= 4 is 11.9 Å². The van der Waals surface area contributed by atoms with Gasteiger partial charge in [-0.25, -0.2) is 19.6 Å². The molecular formula is C20H24N4O4. The van der Waals surface area contributed by atoms with Gasteiger partial charge in [-0.3, -0.25) is 0 Å². The van der Waals surface area contributed by atoms with Crippen LogP contribution >= 0.6 is 0 Å². The summed E-state index contributed by atoms with van der Waals surface area (Å²) >= 11 is 0. The van der Waals surface area contributed by atoms with E-state index in [9.17, 15) is 9.59 Å². The zero-order valence-electron chi connectivity index (χ0n) is 15.8. The molecule has 0 amide bonds. The minimum Gasteiger partial charge on any atom is -0.452 e. The molecule has 6 unspecified atom stereocenters. The monoisotopic (exact) mass is 384 g/mol. The molecule has 28 heavy (non-hydrogen) atoms. The highest BCUT2D eigenvalue weighted by atomic mass is 16.6. The number of aryl methyl sites for hydroxylation is 1. The third-order valence-electron chi connectivity index (χ3n) is 6.87. The van der Waals surface area contributed by atoms with Crippen molar-refractivity contribution in [3.63, 3.8) is 0 Å². The highest BCUT2D eigenvalue weighted by molar-refractivity contribution is 5.86. The Labute approximate surface area is 162 Å². The maximum atomic E-state index is 12.7. The lowest BCUT2D eigenvalue weighted by Crippen LogP contribution is -2.47. The van der Waals surface area contributed by atoms with Gasteiger partial charge in [0.1, 0.15) is 12.2 Å². The van der Waals surface area contributed by atoms with Gasteiger partial charge in [-0.2, -0.15) is 0 Å². The van der Waals surface area contributed by atoms with Gasteiger partial charge in [0.2, 0.25) is 11.6 Å². The number of aromatic nitrogens is 4. The van der Waals surface area contributed by atoms with Crippen LogP contribution in [-0.2, 0) is 16.5 Å². The largest absolute Gasteiger partial charge is 0.452 e. The lowest BCUT2D eigenvalue weighted by Gasteiger charge is -2.42. The van der Waals surface area contributed by atoms with Crippen molar-refractivity contribution in [2.45, 2.75) is 44.3 Å². The van der Waals surface area contributed by atoms with Crippen LogP contribution in [0.3, 0.4) is 0 Å². The number of imidazole rings is 2. The van der Waals surface area contributed by atoms with Crippen LogP contribution in [0.15, 0.2) is 24.8 Å². The number of ether oxygens (including phenoxy) is 2. The molecule has 3 aliphatic carbocycles. The van der Waals surface area contributed by atoms with Crippen molar-refractivity contribution in [3.8, 4) is 0 Å². The summed E-state index contributed by atoms with van der Waals surface area (Å²) in [5.41, 5.74) is 0. The van der Waals surface area contributed by atoms with Gasteiger partial charge < -0.3 is 19.0 Å². The number of esters is 2. The first kappa shape index (κ1) is 17.5. The summed E-state index contributed by atoms with van der Waals surface area (Å²) in [6, 6.07) is 0. The molecule has 2 aromatic rings. The lowest BCUT2D eigenvalue weighted by molar-refractivity contribution is -0.0880. The first-order valence-corrected chi connectivity index (χ1v) is 10.0. The molecule has 3 aliphatic rings. The number of carbonyl (C=O) groups excluding carboxylic acids is 2. The SMILES string of the molecule is Cn1ccnc1C(=O)OC1C2CC(C3CCCCC32)C1OC(=O)c1ncc[nH]1. The van der Waals surface area contributed by atoms with E-state index in [-0.39, 0.29) is 23.5 Å². The normalized spacial score (nSPS) is 33.5. The van der Waals surface area contributed by atoms with E-state index < -0.39 is 24.1 Å². The van der Waals surface area contributed by atoms with Crippen molar-refractivity contribution in [2.24, 2.45) is 30.7 Å². The highest BCUT2D eigenvalue weighted by Crippen LogP contribution is 2.59. The summed E-state index contributed by atoms with van der Waals surface area (Å²) in [5.74, 6) is 1.08. The standard InChI is InChI=1S/C20H24N4O4/c1-24-9-8-23-18(24)20(26)28-16-14-10-13(11-4-2-3-5-12(11)14)15(16)27-19(25)17-21-6-7-22-17/h6-9,11-16H,2-5,10H2,1H3,(H,21,22). The van der Waals surface area contributed by atoms with Crippen LogP contribution < -0.4 is 0 Å². The van der Waals surface area contributed by atoms with Gasteiger partial charge in [-0.05, 0) is 31.1 Å². The van der Waals surface area contributed by atoms with Gasteiger partial charge in [-0.15, -0.1) is 0 Å². The molecule has 2 bridgehead atoms. The fourth-order valence-electron chi connectivity index (χ4n) is 5.76. The van der Waals surface area contributed by atoms with E-state index in [2.05, 4.69) is 15.0 Å². The molecule has 1 N–H and O–H groups in total. The molecule has 0 aromatic carbocycles. The molecular weight excluding hydrogens is 360 g/mol. The van der Waals surface area contributed by atoms with E-state index in [1.807, 2.05) is 0 Å². The Morgan fingerprint density at radius 3 is 2.25 bits per heavy atom. The van der Waals surface area contributed by atoms with Crippen molar-refractivity contribution in [2.75, 3.05) is 0 Å². The number of nitrogens with one attached hydrogen (secondary N) is 1. The molecule has 5 rings (SSSR count). The Hall–Kier alpha value is -2.64. The fourth-order valence-corrected chi connectivity index (χ4v) is 5.76. The molecule has 0 radical (unpaired) electrons. The predicted octanol–water partition coefficient (Wildman–Crippen LogP) is 2.35. The second kappa shape index (κ2) is 6.76. The van der Waals surface area contributed by atoms with Gasteiger partial charge in [0, 0.05) is 43.7 Å². The average molecular weight is 384 g/mol. The van der Waals surface area contributed by atoms with Gasteiger partial charge >= 0.3 is 11.9 Å². The number of carbonyl (C=O) groups is 2. The van der Waals surface area contributed by atoms with E-state index in [0.29, 0.717) is 11.8 Å². The molecule has 0 aliphatic heterocycles. The van der Waals surface area contributed by atoms with Crippen LogP contribution in [0.2, 0.25) is 0 Å². The Morgan fingerprint density at radius 1 is 1.00 bits per heavy atom. The predicted molar refractivity (Wildman–Crippen MR) is 97.2 cm³/mol. The smallest absolute Gasteiger partial charge is 0.374 e. The van der Waals surface area contributed by atoms with E-state index in [4.69, 9.17) is 9.47 Å². The van der Waals surface area contributed by atoms with Crippen LogP contribution in [0.5, 0.6) is 0 Å². The maximum absolute atomic E-state index is 12.7. The van der Waals surface area contributed by atoms with E-state index in [1.165, 1.54) is 31.9 Å². The summed E-state index contributed by atoms with van der Waals surface area (Å²) < 4.78 is 13.4. The molecule has 6 atom stereocenters. The van der Waals surface area contributed by atoms with E-state index in [1.54, 1.807) is 30.2 Å². The maximum Gasteiger partial charge on any atom is 0.374 e. The summed E-state index contributed by atoms with van der Waals surface area (Å²) in [6.07, 6.45) is 11.3. The molecule has 2 heterocycles. The molecule has 148 valence electrons. The van der Waals surface area contributed by atoms with Crippen molar-refractivity contribution < 1.29 is 19.1 Å². The number of H-pyrrole nitrogens is 1. The van der Waals surface area contributed by atoms with Gasteiger partial charge in [0.15, 0.2) is 0 Å². The van der Waals surface area contributed by atoms with Crippen LogP contribution in [-0.4, -0.2) is 43.7 Å². The molecule has 0 spiro atoms. The summed E-state index contributed by atoms with van der Waals surface area (Å²) in [4.78, 5) is 36.1.